The fourth-order valence-corrected chi connectivity index (χ4v) is 1.14. The van der Waals surface area contributed by atoms with E-state index >= 15 is 0 Å². The first-order valence-electron chi connectivity index (χ1n) is 2.94. The first kappa shape index (κ1) is 7.81. The average Bonchev–Trinajstić information content (AvgIpc) is 2.04. The molecule has 1 rings (SSSR count). The summed E-state index contributed by atoms with van der Waals surface area (Å²) in [6, 6.07) is 6.45. The molecular weight excluding hydrogens is 162 g/mol. The van der Waals surface area contributed by atoms with Gasteiger partial charge in [0.2, 0.25) is 0 Å². The van der Waals surface area contributed by atoms with Gasteiger partial charge in [-0.2, -0.15) is 0 Å². The zero-order valence-corrected chi connectivity index (χ0v) is 6.43. The van der Waals surface area contributed by atoms with Gasteiger partial charge >= 0.3 is 11.7 Å². The number of primary amides is 1. The van der Waals surface area contributed by atoms with Crippen LogP contribution in [-0.2, 0) is 15.9 Å². The minimum absolute atomic E-state index is 0.273. The molecular formula is C7H6NO2S+. The van der Waals surface area contributed by atoms with Crippen LogP contribution < -0.4 is 5.73 Å². The molecule has 0 fully saturated rings. The van der Waals surface area contributed by atoms with Gasteiger partial charge in [0.05, 0.1) is 0 Å². The number of benzene rings is 1. The highest BCUT2D eigenvalue weighted by molar-refractivity contribution is 7.65. The number of rotatable bonds is 2. The van der Waals surface area contributed by atoms with Gasteiger partial charge in [-0.3, -0.25) is 4.79 Å². The summed E-state index contributed by atoms with van der Waals surface area (Å²) in [6.07, 6.45) is 0. The van der Waals surface area contributed by atoms with Crippen LogP contribution in [0.2, 0.25) is 0 Å². The molecule has 3 nitrogen and oxygen atoms in total. The quantitative estimate of drug-likeness (QED) is 0.656. The summed E-state index contributed by atoms with van der Waals surface area (Å²) >= 11 is 0.273. The monoisotopic (exact) mass is 168 g/mol. The van der Waals surface area contributed by atoms with Crippen molar-refractivity contribution in [3.05, 3.63) is 29.8 Å². The third-order valence-corrected chi connectivity index (χ3v) is 1.78. The molecule has 0 aliphatic heterocycles. The molecule has 4 heteroatoms. The van der Waals surface area contributed by atoms with Crippen molar-refractivity contribution in [1.29, 1.82) is 0 Å². The van der Waals surface area contributed by atoms with Crippen LogP contribution in [0.3, 0.4) is 0 Å². The van der Waals surface area contributed by atoms with Gasteiger partial charge in [-0.05, 0) is 6.07 Å². The molecule has 1 aromatic rings. The van der Waals surface area contributed by atoms with Gasteiger partial charge in [-0.1, -0.05) is 12.1 Å². The molecule has 1 aromatic carbocycles. The highest BCUT2D eigenvalue weighted by atomic mass is 32.1. The van der Waals surface area contributed by atoms with Crippen LogP contribution in [0.5, 0.6) is 0 Å². The Morgan fingerprint density at radius 1 is 1.36 bits per heavy atom. The summed E-state index contributed by atoms with van der Waals surface area (Å²) in [5, 5.41) is 0. The van der Waals surface area contributed by atoms with E-state index in [1.807, 2.05) is 0 Å². The molecule has 56 valence electrons. The first-order chi connectivity index (χ1) is 5.25. The van der Waals surface area contributed by atoms with Crippen LogP contribution in [0.4, 0.5) is 0 Å². The van der Waals surface area contributed by atoms with E-state index in [4.69, 9.17) is 5.73 Å². The van der Waals surface area contributed by atoms with Crippen LogP contribution in [-0.4, -0.2) is 5.91 Å². The lowest BCUT2D eigenvalue weighted by Gasteiger charge is -1.88. The van der Waals surface area contributed by atoms with Crippen molar-refractivity contribution < 1.29 is 9.00 Å². The van der Waals surface area contributed by atoms with E-state index in [9.17, 15) is 9.00 Å². The lowest BCUT2D eigenvalue weighted by atomic mass is 10.2. The Kier molecular flexibility index (Phi) is 2.28. The molecule has 0 aliphatic carbocycles. The number of amides is 1. The lowest BCUT2D eigenvalue weighted by Crippen LogP contribution is -2.12. The highest BCUT2D eigenvalue weighted by Gasteiger charge is 2.16. The largest absolute Gasteiger partial charge is 0.505 e. The Morgan fingerprint density at radius 3 is 2.45 bits per heavy atom. The molecule has 0 aliphatic rings. The predicted octanol–water partition coefficient (Wildman–Crippen LogP) is 0.573. The average molecular weight is 168 g/mol. The van der Waals surface area contributed by atoms with Crippen molar-refractivity contribution >= 4 is 17.6 Å². The Labute approximate surface area is 67.7 Å². The van der Waals surface area contributed by atoms with Crippen molar-refractivity contribution in [2.24, 2.45) is 5.73 Å². The fourth-order valence-electron chi connectivity index (χ4n) is 0.743. The normalized spacial score (nSPS) is 9.09. The van der Waals surface area contributed by atoms with Crippen molar-refractivity contribution in [3.63, 3.8) is 0 Å². The summed E-state index contributed by atoms with van der Waals surface area (Å²) in [4.78, 5) is 11.0. The zero-order chi connectivity index (χ0) is 8.27. The Balaban J connectivity index is 3.22. The topological polar surface area (TPSA) is 60.2 Å². The van der Waals surface area contributed by atoms with E-state index < -0.39 is 5.91 Å². The molecule has 0 atom stereocenters. The van der Waals surface area contributed by atoms with E-state index in [0.717, 1.165) is 0 Å². The molecule has 1 amide bonds. The lowest BCUT2D eigenvalue weighted by molar-refractivity contribution is 0.0997. The predicted molar refractivity (Wildman–Crippen MR) is 41.3 cm³/mol. The van der Waals surface area contributed by atoms with Crippen LogP contribution in [0.25, 0.3) is 0 Å². The van der Waals surface area contributed by atoms with Gasteiger partial charge in [0, 0.05) is 10.3 Å². The minimum Gasteiger partial charge on any atom is -0.365 e. The standard InChI is InChI=1S/C7H5NO2S/c8-7(9)5-3-1-2-4-6(5)11-10/h1-4H,(H-,8,9)/p+1. The van der Waals surface area contributed by atoms with Crippen molar-refractivity contribution in [2.45, 2.75) is 4.90 Å². The van der Waals surface area contributed by atoms with E-state index in [-0.39, 0.29) is 17.2 Å². The van der Waals surface area contributed by atoms with Gasteiger partial charge in [0.1, 0.15) is 5.56 Å². The maximum atomic E-state index is 10.7. The molecule has 0 saturated heterocycles. The van der Waals surface area contributed by atoms with Crippen LogP contribution in [0.1, 0.15) is 10.4 Å². The van der Waals surface area contributed by atoms with E-state index in [1.165, 1.54) is 6.07 Å². The van der Waals surface area contributed by atoms with Crippen LogP contribution in [0.15, 0.2) is 29.2 Å². The summed E-state index contributed by atoms with van der Waals surface area (Å²) in [5.74, 6) is -0.566. The fraction of sp³-hybridized carbons (Fsp3) is 0. The van der Waals surface area contributed by atoms with Gasteiger partial charge < -0.3 is 5.73 Å². The number of hydrogen-bond acceptors (Lipinski definition) is 2. The molecule has 0 heterocycles. The smallest absolute Gasteiger partial charge is 0.365 e. The van der Waals surface area contributed by atoms with Crippen LogP contribution in [0, 0.1) is 0 Å². The second-order valence-corrected chi connectivity index (χ2v) is 2.55. The second kappa shape index (κ2) is 3.21. The van der Waals surface area contributed by atoms with Gasteiger partial charge in [0.25, 0.3) is 10.8 Å². The van der Waals surface area contributed by atoms with E-state index in [1.54, 1.807) is 18.2 Å². The van der Waals surface area contributed by atoms with E-state index in [0.29, 0.717) is 4.90 Å². The Bertz CT molecular complexity index is 298. The van der Waals surface area contributed by atoms with Crippen molar-refractivity contribution in [2.75, 3.05) is 0 Å². The number of nitrogens with two attached hydrogens (primary N) is 1. The molecule has 0 aromatic heterocycles. The molecule has 0 radical (unpaired) electrons. The maximum Gasteiger partial charge on any atom is 0.505 e. The van der Waals surface area contributed by atoms with Gasteiger partial charge in [-0.25, -0.2) is 0 Å². The van der Waals surface area contributed by atoms with E-state index in [2.05, 4.69) is 0 Å². The van der Waals surface area contributed by atoms with Crippen molar-refractivity contribution in [1.82, 2.24) is 0 Å². The zero-order valence-electron chi connectivity index (χ0n) is 5.61. The number of carbonyl (C=O) groups excluding carboxylic acids is 1. The molecule has 11 heavy (non-hydrogen) atoms. The molecule has 0 saturated carbocycles. The Hall–Kier alpha value is -1.29. The third kappa shape index (κ3) is 1.59. The molecule has 0 spiro atoms. The van der Waals surface area contributed by atoms with Gasteiger partial charge in [-0.15, -0.1) is 0 Å². The molecule has 2 N–H and O–H groups in total. The second-order valence-electron chi connectivity index (χ2n) is 1.94. The summed E-state index contributed by atoms with van der Waals surface area (Å²) < 4.78 is 10.4. The number of hydrogen-bond donors (Lipinski definition) is 1. The third-order valence-electron chi connectivity index (χ3n) is 1.24. The van der Waals surface area contributed by atoms with Crippen molar-refractivity contribution in [3.8, 4) is 0 Å². The summed E-state index contributed by atoms with van der Waals surface area (Å²) in [5.41, 5.74) is 5.28. The highest BCUT2D eigenvalue weighted by Crippen LogP contribution is 2.06. The SMILES string of the molecule is NC(=O)c1ccccc1[S+]=O. The molecule has 0 unspecified atom stereocenters. The maximum absolute atomic E-state index is 10.7. The Morgan fingerprint density at radius 2 is 2.00 bits per heavy atom. The summed E-state index contributed by atoms with van der Waals surface area (Å²) in [6.45, 7) is 0. The summed E-state index contributed by atoms with van der Waals surface area (Å²) in [7, 11) is 0. The molecule has 0 bridgehead atoms. The minimum atomic E-state index is -0.566. The van der Waals surface area contributed by atoms with Gasteiger partial charge in [0.15, 0.2) is 0 Å². The first-order valence-corrected chi connectivity index (χ1v) is 3.68. The number of carbonyl (C=O) groups is 1. The van der Waals surface area contributed by atoms with Crippen LogP contribution >= 0.6 is 0 Å².